The number of aryl methyl sites for hydroxylation is 1. The van der Waals surface area contributed by atoms with Crippen LogP contribution < -0.4 is 15.4 Å². The molecule has 1 aliphatic rings. The van der Waals surface area contributed by atoms with Crippen molar-refractivity contribution in [2.75, 3.05) is 31.0 Å². The molecule has 3 rings (SSSR count). The van der Waals surface area contributed by atoms with Crippen molar-refractivity contribution in [1.29, 1.82) is 0 Å². The van der Waals surface area contributed by atoms with Crippen molar-refractivity contribution >= 4 is 35.1 Å². The van der Waals surface area contributed by atoms with E-state index in [2.05, 4.69) is 15.4 Å². The first-order valence-corrected chi connectivity index (χ1v) is 9.14. The summed E-state index contributed by atoms with van der Waals surface area (Å²) in [5, 5.41) is 5.31. The molecule has 0 unspecified atom stereocenters. The van der Waals surface area contributed by atoms with E-state index >= 15 is 0 Å². The lowest BCUT2D eigenvalue weighted by molar-refractivity contribution is -0.149. The van der Waals surface area contributed by atoms with Gasteiger partial charge in [-0.15, -0.1) is 0 Å². The standard InChI is InChI=1S/C21H20N2O7/c1-28-21(27)13-2-5-15(6-3-13)22-19(25)11-30-20(26)12-29-16-7-8-17-14(10-16)4-9-18(24)23-17/h2-3,5-8,10H,4,9,11-12H2,1H3,(H,22,25)(H,23,24). The van der Waals surface area contributed by atoms with Gasteiger partial charge in [-0.1, -0.05) is 0 Å². The molecule has 1 heterocycles. The molecule has 2 aromatic rings. The largest absolute Gasteiger partial charge is 0.482 e. The molecule has 2 amide bonds. The van der Waals surface area contributed by atoms with E-state index in [-0.39, 0.29) is 12.5 Å². The number of carbonyl (C=O) groups is 4. The molecule has 9 nitrogen and oxygen atoms in total. The molecule has 0 atom stereocenters. The first-order chi connectivity index (χ1) is 14.4. The molecule has 0 spiro atoms. The van der Waals surface area contributed by atoms with Crippen LogP contribution in [0.15, 0.2) is 42.5 Å². The predicted octanol–water partition coefficient (Wildman–Crippen LogP) is 1.92. The number of hydrogen-bond donors (Lipinski definition) is 2. The molecule has 1 aliphatic heterocycles. The van der Waals surface area contributed by atoms with E-state index in [0.29, 0.717) is 29.8 Å². The molecule has 2 aromatic carbocycles. The number of rotatable bonds is 7. The third-order valence-corrected chi connectivity index (χ3v) is 4.28. The second-order valence-corrected chi connectivity index (χ2v) is 6.43. The van der Waals surface area contributed by atoms with Crippen molar-refractivity contribution in [1.82, 2.24) is 0 Å². The number of ether oxygens (including phenoxy) is 3. The summed E-state index contributed by atoms with van der Waals surface area (Å²) in [6, 6.07) is 11.2. The Morgan fingerprint density at radius 3 is 2.53 bits per heavy atom. The van der Waals surface area contributed by atoms with Crippen LogP contribution in [-0.2, 0) is 30.3 Å². The topological polar surface area (TPSA) is 120 Å². The normalized spacial score (nSPS) is 12.2. The third-order valence-electron chi connectivity index (χ3n) is 4.28. The van der Waals surface area contributed by atoms with Crippen LogP contribution in [0.2, 0.25) is 0 Å². The molecule has 0 fully saturated rings. The number of carbonyl (C=O) groups excluding carboxylic acids is 4. The number of amides is 2. The SMILES string of the molecule is COC(=O)c1ccc(NC(=O)COC(=O)COc2ccc3c(c2)CCC(=O)N3)cc1. The number of nitrogens with one attached hydrogen (secondary N) is 2. The molecule has 0 aliphatic carbocycles. The zero-order valence-corrected chi connectivity index (χ0v) is 16.2. The van der Waals surface area contributed by atoms with Crippen LogP contribution in [0.5, 0.6) is 5.75 Å². The monoisotopic (exact) mass is 412 g/mol. The summed E-state index contributed by atoms with van der Waals surface area (Å²) in [6.07, 6.45) is 1.00. The van der Waals surface area contributed by atoms with Gasteiger partial charge in [-0.2, -0.15) is 0 Å². The van der Waals surface area contributed by atoms with Gasteiger partial charge in [0.05, 0.1) is 12.7 Å². The Morgan fingerprint density at radius 1 is 1.03 bits per heavy atom. The van der Waals surface area contributed by atoms with Crippen molar-refractivity contribution in [3.8, 4) is 5.75 Å². The van der Waals surface area contributed by atoms with Gasteiger partial charge < -0.3 is 24.8 Å². The van der Waals surface area contributed by atoms with E-state index in [1.165, 1.54) is 31.4 Å². The zero-order chi connectivity index (χ0) is 21.5. The number of methoxy groups -OCH3 is 1. The molecule has 0 saturated heterocycles. The summed E-state index contributed by atoms with van der Waals surface area (Å²) in [5.74, 6) is -1.27. The van der Waals surface area contributed by atoms with Gasteiger partial charge in [0.25, 0.3) is 5.91 Å². The maximum atomic E-state index is 11.9. The maximum absolute atomic E-state index is 11.9. The lowest BCUT2D eigenvalue weighted by atomic mass is 10.0. The second-order valence-electron chi connectivity index (χ2n) is 6.43. The molecule has 0 bridgehead atoms. The molecule has 0 aromatic heterocycles. The van der Waals surface area contributed by atoms with Gasteiger partial charge in [0.1, 0.15) is 5.75 Å². The first-order valence-electron chi connectivity index (χ1n) is 9.14. The number of fused-ring (bicyclic) bond motifs is 1. The van der Waals surface area contributed by atoms with Gasteiger partial charge in [-0.3, -0.25) is 9.59 Å². The smallest absolute Gasteiger partial charge is 0.344 e. The Labute approximate surface area is 172 Å². The Balaban J connectivity index is 1.41. The highest BCUT2D eigenvalue weighted by Crippen LogP contribution is 2.26. The van der Waals surface area contributed by atoms with E-state index < -0.39 is 24.5 Å². The Bertz CT molecular complexity index is 970. The van der Waals surface area contributed by atoms with Gasteiger partial charge in [0, 0.05) is 17.8 Å². The highest BCUT2D eigenvalue weighted by Gasteiger charge is 2.16. The number of esters is 2. The Hall–Kier alpha value is -3.88. The fraction of sp³-hybridized carbons (Fsp3) is 0.238. The van der Waals surface area contributed by atoms with Crippen molar-refractivity contribution in [2.24, 2.45) is 0 Å². The van der Waals surface area contributed by atoms with Crippen LogP contribution in [0, 0.1) is 0 Å². The fourth-order valence-corrected chi connectivity index (χ4v) is 2.78. The Morgan fingerprint density at radius 2 is 1.80 bits per heavy atom. The minimum Gasteiger partial charge on any atom is -0.482 e. The minimum absolute atomic E-state index is 0.0302. The maximum Gasteiger partial charge on any atom is 0.344 e. The highest BCUT2D eigenvalue weighted by molar-refractivity contribution is 5.95. The fourth-order valence-electron chi connectivity index (χ4n) is 2.78. The van der Waals surface area contributed by atoms with E-state index in [1.807, 2.05) is 0 Å². The van der Waals surface area contributed by atoms with E-state index in [0.717, 1.165) is 11.3 Å². The van der Waals surface area contributed by atoms with Gasteiger partial charge in [-0.25, -0.2) is 9.59 Å². The average Bonchev–Trinajstić information content (AvgIpc) is 2.76. The molecular weight excluding hydrogens is 392 g/mol. The van der Waals surface area contributed by atoms with E-state index in [4.69, 9.17) is 9.47 Å². The number of anilines is 2. The van der Waals surface area contributed by atoms with Crippen molar-refractivity contribution in [3.05, 3.63) is 53.6 Å². The Kier molecular flexibility index (Phi) is 6.63. The summed E-state index contributed by atoms with van der Waals surface area (Å²) < 4.78 is 14.9. The summed E-state index contributed by atoms with van der Waals surface area (Å²) in [7, 11) is 1.28. The molecule has 2 N–H and O–H groups in total. The van der Waals surface area contributed by atoms with Crippen LogP contribution >= 0.6 is 0 Å². The van der Waals surface area contributed by atoms with Crippen molar-refractivity contribution in [3.63, 3.8) is 0 Å². The predicted molar refractivity (Wildman–Crippen MR) is 106 cm³/mol. The molecule has 0 radical (unpaired) electrons. The quantitative estimate of drug-likeness (QED) is 0.667. The lowest BCUT2D eigenvalue weighted by Crippen LogP contribution is -2.23. The van der Waals surface area contributed by atoms with Crippen LogP contribution in [0.1, 0.15) is 22.3 Å². The summed E-state index contributed by atoms with van der Waals surface area (Å²) in [5.41, 5.74) is 2.46. The van der Waals surface area contributed by atoms with E-state index in [1.54, 1.807) is 18.2 Å². The molecule has 0 saturated carbocycles. The third kappa shape index (κ3) is 5.57. The van der Waals surface area contributed by atoms with Crippen LogP contribution in [0.25, 0.3) is 0 Å². The van der Waals surface area contributed by atoms with Crippen LogP contribution in [-0.4, -0.2) is 44.1 Å². The van der Waals surface area contributed by atoms with Crippen LogP contribution in [0.3, 0.4) is 0 Å². The van der Waals surface area contributed by atoms with Crippen molar-refractivity contribution < 1.29 is 33.4 Å². The molecular formula is C21H20N2O7. The van der Waals surface area contributed by atoms with Gasteiger partial charge in [-0.05, 0) is 54.4 Å². The lowest BCUT2D eigenvalue weighted by Gasteiger charge is -2.17. The summed E-state index contributed by atoms with van der Waals surface area (Å²) in [4.78, 5) is 46.5. The minimum atomic E-state index is -0.697. The van der Waals surface area contributed by atoms with Crippen LogP contribution in [0.4, 0.5) is 11.4 Å². The molecule has 156 valence electrons. The number of hydrogen-bond acceptors (Lipinski definition) is 7. The summed E-state index contributed by atoms with van der Waals surface area (Å²) >= 11 is 0. The van der Waals surface area contributed by atoms with Gasteiger partial charge >= 0.3 is 11.9 Å². The molecule has 30 heavy (non-hydrogen) atoms. The van der Waals surface area contributed by atoms with E-state index in [9.17, 15) is 19.2 Å². The summed E-state index contributed by atoms with van der Waals surface area (Å²) in [6.45, 7) is -0.830. The zero-order valence-electron chi connectivity index (χ0n) is 16.2. The van der Waals surface area contributed by atoms with Gasteiger partial charge in [0.15, 0.2) is 13.2 Å². The second kappa shape index (κ2) is 9.55. The molecule has 9 heteroatoms. The van der Waals surface area contributed by atoms with Gasteiger partial charge in [0.2, 0.25) is 5.91 Å². The average molecular weight is 412 g/mol. The van der Waals surface area contributed by atoms with Crippen molar-refractivity contribution in [2.45, 2.75) is 12.8 Å². The number of benzene rings is 2. The first kappa shape index (κ1) is 20.8. The highest BCUT2D eigenvalue weighted by atomic mass is 16.6.